The van der Waals surface area contributed by atoms with Gasteiger partial charge in [0.25, 0.3) is 5.91 Å². The van der Waals surface area contributed by atoms with Crippen molar-refractivity contribution in [1.29, 1.82) is 0 Å². The lowest BCUT2D eigenvalue weighted by atomic mass is 10.1. The Morgan fingerprint density at radius 2 is 1.66 bits per heavy atom. The number of thioether (sulfide) groups is 1. The van der Waals surface area contributed by atoms with E-state index in [1.807, 2.05) is 59.5 Å². The smallest absolute Gasteiger partial charge is 0.255 e. The summed E-state index contributed by atoms with van der Waals surface area (Å²) in [6.45, 7) is 3.92. The minimum absolute atomic E-state index is 0.0599. The van der Waals surface area contributed by atoms with E-state index in [0.29, 0.717) is 30.3 Å². The van der Waals surface area contributed by atoms with Crippen LogP contribution >= 0.6 is 23.4 Å². The molecule has 0 bridgehead atoms. The molecule has 0 saturated carbocycles. The number of hydrogen-bond acceptors (Lipinski definition) is 4. The summed E-state index contributed by atoms with van der Waals surface area (Å²) in [6.07, 6.45) is 0. The molecule has 2 amide bonds. The van der Waals surface area contributed by atoms with E-state index in [9.17, 15) is 9.59 Å². The van der Waals surface area contributed by atoms with E-state index in [1.54, 1.807) is 16.7 Å². The number of carbonyl (C=O) groups excluding carboxylic acids is 2. The molecule has 0 aliphatic carbocycles. The molecule has 0 unspecified atom stereocenters. The van der Waals surface area contributed by atoms with Gasteiger partial charge in [0, 0.05) is 49.1 Å². The van der Waals surface area contributed by atoms with Crippen LogP contribution in [-0.4, -0.2) is 70.4 Å². The van der Waals surface area contributed by atoms with Crippen molar-refractivity contribution in [3.63, 3.8) is 0 Å². The lowest BCUT2D eigenvalue weighted by Gasteiger charge is -2.37. The molecule has 2 heterocycles. The van der Waals surface area contributed by atoms with Gasteiger partial charge in [0.15, 0.2) is 0 Å². The van der Waals surface area contributed by atoms with Crippen molar-refractivity contribution in [3.05, 3.63) is 70.7 Å². The van der Waals surface area contributed by atoms with Crippen LogP contribution in [0.4, 0.5) is 0 Å². The maximum atomic E-state index is 13.1. The molecule has 152 valence electrons. The number of halogens is 1. The summed E-state index contributed by atoms with van der Waals surface area (Å²) in [6, 6.07) is 16.8. The van der Waals surface area contributed by atoms with Gasteiger partial charge < -0.3 is 9.80 Å². The molecule has 2 aromatic rings. The first kappa shape index (κ1) is 20.3. The summed E-state index contributed by atoms with van der Waals surface area (Å²) >= 11 is 7.60. The van der Waals surface area contributed by atoms with Crippen LogP contribution in [0.15, 0.2) is 54.6 Å². The highest BCUT2D eigenvalue weighted by Crippen LogP contribution is 2.25. The van der Waals surface area contributed by atoms with Crippen LogP contribution in [0.1, 0.15) is 15.9 Å². The minimum Gasteiger partial charge on any atom is -0.338 e. The molecule has 2 aromatic carbocycles. The third-order valence-electron chi connectivity index (χ3n) is 5.45. The second kappa shape index (κ2) is 9.20. The highest BCUT2D eigenvalue weighted by atomic mass is 35.5. The zero-order valence-corrected chi connectivity index (χ0v) is 17.7. The van der Waals surface area contributed by atoms with E-state index < -0.39 is 0 Å². The van der Waals surface area contributed by atoms with Crippen molar-refractivity contribution in [2.75, 3.05) is 37.8 Å². The molecule has 29 heavy (non-hydrogen) atoms. The van der Waals surface area contributed by atoms with Crippen LogP contribution < -0.4 is 0 Å². The summed E-state index contributed by atoms with van der Waals surface area (Å²) in [5.41, 5.74) is 1.86. The molecule has 7 heteroatoms. The van der Waals surface area contributed by atoms with Crippen molar-refractivity contribution in [1.82, 2.24) is 14.7 Å². The molecule has 2 aliphatic rings. The molecule has 1 atom stereocenters. The Hall–Kier alpha value is -2.02. The van der Waals surface area contributed by atoms with Gasteiger partial charge in [-0.2, -0.15) is 0 Å². The van der Waals surface area contributed by atoms with Crippen molar-refractivity contribution >= 4 is 35.2 Å². The van der Waals surface area contributed by atoms with Gasteiger partial charge in [0.05, 0.1) is 5.88 Å². The Kier molecular flexibility index (Phi) is 6.43. The number of hydrogen-bond donors (Lipinski definition) is 0. The summed E-state index contributed by atoms with van der Waals surface area (Å²) in [4.78, 5) is 32.0. The zero-order chi connectivity index (χ0) is 20.2. The normalized spacial score (nSPS) is 20.1. The van der Waals surface area contributed by atoms with Gasteiger partial charge in [-0.1, -0.05) is 41.9 Å². The maximum Gasteiger partial charge on any atom is 0.255 e. The second-order valence-corrected chi connectivity index (χ2v) is 8.82. The Bertz CT molecular complexity index is 854. The van der Waals surface area contributed by atoms with Gasteiger partial charge in [-0.3, -0.25) is 14.5 Å². The van der Waals surface area contributed by atoms with Crippen molar-refractivity contribution in [2.45, 2.75) is 12.6 Å². The van der Waals surface area contributed by atoms with Crippen LogP contribution in [0.25, 0.3) is 0 Å². The Balaban J connectivity index is 1.34. The average Bonchev–Trinajstić information content (AvgIpc) is 3.25. The van der Waals surface area contributed by atoms with Crippen molar-refractivity contribution in [2.24, 2.45) is 0 Å². The lowest BCUT2D eigenvalue weighted by molar-refractivity contribution is -0.136. The third kappa shape index (κ3) is 4.77. The predicted molar refractivity (Wildman–Crippen MR) is 117 cm³/mol. The van der Waals surface area contributed by atoms with Gasteiger partial charge in [0.1, 0.15) is 6.04 Å². The fourth-order valence-electron chi connectivity index (χ4n) is 3.78. The molecule has 4 rings (SSSR count). The summed E-state index contributed by atoms with van der Waals surface area (Å²) < 4.78 is 0. The van der Waals surface area contributed by atoms with Crippen LogP contribution in [-0.2, 0) is 11.3 Å². The standard InChI is InChI=1S/C22H24ClN3O2S/c23-19-8-6-17(7-9-19)14-24-10-12-25(13-11-24)22(28)20-15-29-16-26(20)21(27)18-4-2-1-3-5-18/h1-9,20H,10-16H2/t20-/m1/s1. The molecule has 0 spiro atoms. The fraction of sp³-hybridized carbons (Fsp3) is 0.364. The predicted octanol–water partition coefficient (Wildman–Crippen LogP) is 3.20. The van der Waals surface area contributed by atoms with Gasteiger partial charge >= 0.3 is 0 Å². The first-order chi connectivity index (χ1) is 14.1. The van der Waals surface area contributed by atoms with Gasteiger partial charge in [-0.15, -0.1) is 11.8 Å². The Labute approximate surface area is 180 Å². The summed E-state index contributed by atoms with van der Waals surface area (Å²) in [5, 5.41) is 0.744. The van der Waals surface area contributed by atoms with Gasteiger partial charge in [-0.05, 0) is 29.8 Å². The topological polar surface area (TPSA) is 43.9 Å². The molecule has 5 nitrogen and oxygen atoms in total. The number of carbonyl (C=O) groups is 2. The van der Waals surface area contributed by atoms with Crippen LogP contribution in [0.3, 0.4) is 0 Å². The molecule has 0 N–H and O–H groups in total. The number of nitrogens with zero attached hydrogens (tertiary/aromatic N) is 3. The van der Waals surface area contributed by atoms with Gasteiger partial charge in [0.2, 0.25) is 5.91 Å². The minimum atomic E-state index is -0.365. The summed E-state index contributed by atoms with van der Waals surface area (Å²) in [7, 11) is 0. The molecular formula is C22H24ClN3O2S. The van der Waals surface area contributed by atoms with E-state index in [4.69, 9.17) is 11.6 Å². The van der Waals surface area contributed by atoms with Crippen molar-refractivity contribution in [3.8, 4) is 0 Å². The molecule has 0 radical (unpaired) electrons. The summed E-state index contributed by atoms with van der Waals surface area (Å²) in [5.74, 6) is 1.25. The van der Waals surface area contributed by atoms with E-state index in [-0.39, 0.29) is 17.9 Å². The fourth-order valence-corrected chi connectivity index (χ4v) is 5.05. The molecule has 0 aromatic heterocycles. The first-order valence-electron chi connectivity index (χ1n) is 9.81. The Morgan fingerprint density at radius 1 is 0.966 bits per heavy atom. The highest BCUT2D eigenvalue weighted by molar-refractivity contribution is 7.99. The quantitative estimate of drug-likeness (QED) is 0.748. The Morgan fingerprint density at radius 3 is 2.34 bits per heavy atom. The average molecular weight is 430 g/mol. The lowest BCUT2D eigenvalue weighted by Crippen LogP contribution is -2.54. The van der Waals surface area contributed by atoms with Crippen LogP contribution in [0, 0.1) is 0 Å². The van der Waals surface area contributed by atoms with E-state index >= 15 is 0 Å². The first-order valence-corrected chi connectivity index (χ1v) is 11.3. The van der Waals surface area contributed by atoms with Gasteiger partial charge in [-0.25, -0.2) is 0 Å². The number of benzene rings is 2. The molecule has 2 fully saturated rings. The van der Waals surface area contributed by atoms with Crippen LogP contribution in [0.2, 0.25) is 5.02 Å². The van der Waals surface area contributed by atoms with E-state index in [1.165, 1.54) is 5.56 Å². The third-order valence-corrected chi connectivity index (χ3v) is 6.72. The van der Waals surface area contributed by atoms with E-state index in [2.05, 4.69) is 4.90 Å². The highest BCUT2D eigenvalue weighted by Gasteiger charge is 2.38. The number of piperazine rings is 1. The molecular weight excluding hydrogens is 406 g/mol. The number of rotatable bonds is 4. The second-order valence-electron chi connectivity index (χ2n) is 7.38. The van der Waals surface area contributed by atoms with E-state index in [0.717, 1.165) is 24.7 Å². The van der Waals surface area contributed by atoms with Crippen LogP contribution in [0.5, 0.6) is 0 Å². The molecule has 2 saturated heterocycles. The monoisotopic (exact) mass is 429 g/mol. The maximum absolute atomic E-state index is 13.1. The largest absolute Gasteiger partial charge is 0.338 e. The SMILES string of the molecule is O=C([C@H]1CSCN1C(=O)c1ccccc1)N1CCN(Cc2ccc(Cl)cc2)CC1. The number of amides is 2. The molecule has 2 aliphatic heterocycles. The van der Waals surface area contributed by atoms with Crippen molar-refractivity contribution < 1.29 is 9.59 Å². The zero-order valence-electron chi connectivity index (χ0n) is 16.2.